The molecule has 10 aliphatic carbocycles. The maximum atomic E-state index is 12.6. The van der Waals surface area contributed by atoms with Crippen LogP contribution >= 0.6 is 0 Å². The predicted molar refractivity (Wildman–Crippen MR) is 394 cm³/mol. The van der Waals surface area contributed by atoms with Gasteiger partial charge in [-0.05, 0) is 57.8 Å². The van der Waals surface area contributed by atoms with Gasteiger partial charge in [0.25, 0.3) is 57.1 Å². The van der Waals surface area contributed by atoms with Gasteiger partial charge >= 0.3 is 77.6 Å². The monoisotopic (exact) mass is 1860 g/mol. The van der Waals surface area contributed by atoms with Crippen LogP contribution in [-0.4, -0.2) is 297 Å². The van der Waals surface area contributed by atoms with E-state index in [1.165, 1.54) is 14.0 Å². The largest absolute Gasteiger partial charge is 0.469 e. The van der Waals surface area contributed by atoms with Crippen molar-refractivity contribution in [3.8, 4) is 6.07 Å². The maximum absolute atomic E-state index is 12.6. The van der Waals surface area contributed by atoms with Crippen LogP contribution in [0.3, 0.4) is 0 Å². The van der Waals surface area contributed by atoms with Gasteiger partial charge < -0.3 is 76.5 Å². The zero-order valence-electron chi connectivity index (χ0n) is 65.9. The van der Waals surface area contributed by atoms with Crippen LogP contribution < -0.4 is 0 Å². The van der Waals surface area contributed by atoms with Gasteiger partial charge in [0, 0.05) is 94.5 Å². The smallest absolute Gasteiger partial charge is 0.344 e. The van der Waals surface area contributed by atoms with Crippen molar-refractivity contribution in [3.63, 3.8) is 0 Å². The quantitative estimate of drug-likeness (QED) is 0.0173. The molecule has 0 aromatic rings. The van der Waals surface area contributed by atoms with E-state index in [0.29, 0.717) is 19.3 Å². The van der Waals surface area contributed by atoms with E-state index in [0.717, 1.165) is 37.5 Å². The Morgan fingerprint density at radius 2 is 0.911 bits per heavy atom. The number of aliphatic hydroxyl groups excluding tert-OH is 2. The highest BCUT2D eigenvalue weighted by Gasteiger charge is 2.82. The van der Waals surface area contributed by atoms with Crippen LogP contribution in [0.15, 0.2) is 63.3 Å². The summed E-state index contributed by atoms with van der Waals surface area (Å²) in [5, 5.41) is 25.2. The third-order valence-electron chi connectivity index (χ3n) is 25.4. The Bertz CT molecular complexity index is 5080. The number of carbonyl (C=O) groups excluding carboxylic acids is 14. The van der Waals surface area contributed by atoms with Gasteiger partial charge in [0.2, 0.25) is 0 Å². The van der Waals surface area contributed by atoms with Crippen molar-refractivity contribution in [3.05, 3.63) is 63.3 Å². The van der Waals surface area contributed by atoms with E-state index in [2.05, 4.69) is 61.3 Å². The molecule has 15 aliphatic rings. The molecule has 15 fully saturated rings. The topological polar surface area (TPSA) is 649 Å². The number of hydrogen-bond donors (Lipinski definition) is 2. The van der Waals surface area contributed by atoms with E-state index in [-0.39, 0.29) is 76.0 Å². The minimum Gasteiger partial charge on any atom is -0.469 e. The van der Waals surface area contributed by atoms with E-state index in [1.54, 1.807) is 0 Å². The minimum absolute atomic E-state index is 0.0203. The van der Waals surface area contributed by atoms with E-state index in [4.69, 9.17) is 58.8 Å². The van der Waals surface area contributed by atoms with Crippen molar-refractivity contribution in [2.45, 2.75) is 151 Å². The lowest BCUT2D eigenvalue weighted by molar-refractivity contribution is -0.175. The molecule has 124 heavy (non-hydrogen) atoms. The van der Waals surface area contributed by atoms with Crippen LogP contribution in [0.25, 0.3) is 0 Å². The molecule has 0 radical (unpaired) electrons. The van der Waals surface area contributed by atoms with Gasteiger partial charge in [-0.15, -0.1) is 0 Å². The fourth-order valence-corrected chi connectivity index (χ4v) is 31.2. The Balaban J connectivity index is 0.000000151. The average molecular weight is 1860 g/mol. The van der Waals surface area contributed by atoms with Crippen LogP contribution in [0.1, 0.15) is 64.7 Å². The van der Waals surface area contributed by atoms with Crippen molar-refractivity contribution in [2.24, 2.45) is 69.0 Å². The number of carbonyl (C=O) groups is 14. The molecule has 0 amide bonds. The summed E-state index contributed by atoms with van der Waals surface area (Å²) in [5.74, 6) is -14.6. The molecule has 5 saturated heterocycles. The number of rotatable bonds is 30. The Kier molecular flexibility index (Phi) is 27.5. The third-order valence-corrected chi connectivity index (χ3v) is 34.7. The van der Waals surface area contributed by atoms with Crippen LogP contribution in [0.2, 0.25) is 0 Å². The molecule has 0 spiro atoms. The predicted octanol–water partition coefficient (Wildman–Crippen LogP) is -3.89. The highest BCUT2D eigenvalue weighted by molar-refractivity contribution is 7.89. The number of ether oxygens (including phenoxy) is 14. The molecule has 27 atom stereocenters. The molecular formula is C73H85NO45S5. The van der Waals surface area contributed by atoms with Crippen molar-refractivity contribution >= 4 is 135 Å². The van der Waals surface area contributed by atoms with Gasteiger partial charge in [-0.2, -0.15) is 47.4 Å². The van der Waals surface area contributed by atoms with Crippen LogP contribution in [-0.2, 0) is 205 Å². The molecule has 10 bridgehead atoms. The maximum Gasteiger partial charge on any atom is 0.344 e. The Labute approximate surface area is 706 Å². The second-order valence-corrected chi connectivity index (χ2v) is 40.3. The lowest BCUT2D eigenvalue weighted by Crippen LogP contribution is -2.50. The summed E-state index contributed by atoms with van der Waals surface area (Å²) in [5.41, 5.74) is -4.06. The highest BCUT2D eigenvalue weighted by Crippen LogP contribution is 2.72. The summed E-state index contributed by atoms with van der Waals surface area (Å²) < 4.78 is 215. The average Bonchev–Trinajstić information content (AvgIpc) is 1.50. The standard InChI is InChI=1S/C18H22O11S.2C14H16O9S.C14H18O9S.C13H13NO7S/c1-3-13(21)26-7-14(22)28-15-16-18(4-5-25-10-19)8-17(15,9-27-11(2)20)6-12(18)30(23,24)29-16;1-3-9(15)21-6-10(16)22-11-7-4-8-12(11)23-24(18,19)14(8,5-7)13(17)20-2;1-3-8(15)21-5-9(16)22-11-6-4-7-12(11)23-24(18,19)13(7)10(6)14(17)20-2;1-2-9(17)21-4-10(18)22-11-12-14(7-16)5-13(11,6-15)3-8(14)24(19,20)23-12;1-2-9(15)19-5-10(16)20-11-6-3-7-12(11)21-22(17,18)13(7)8(6)4-14/h3,10,12,15-16H,1,4-9H2,2H3;3,7-8,11-12H,1,4-6H2,2H3;3,6-7,10-13H,1,4-5H2,2H3;2,8,11-12,15-16H,1,3-7H2;2,6-8,11-13H,1,3,5H2. The Morgan fingerprint density at radius 3 is 1.36 bits per heavy atom. The zero-order valence-corrected chi connectivity index (χ0v) is 69.9. The van der Waals surface area contributed by atoms with E-state index < -0.39 is 312 Å². The molecule has 27 unspecified atom stereocenters. The Hall–Kier alpha value is -9.76. The van der Waals surface area contributed by atoms with Gasteiger partial charge in [0.1, 0.15) is 78.1 Å². The summed E-state index contributed by atoms with van der Waals surface area (Å²) in [6.45, 7) is 13.2. The van der Waals surface area contributed by atoms with Crippen LogP contribution in [0.4, 0.5) is 0 Å². The van der Waals surface area contributed by atoms with Crippen LogP contribution in [0.5, 0.6) is 0 Å². The normalized spacial score (nSPS) is 38.1. The summed E-state index contributed by atoms with van der Waals surface area (Å²) in [6.07, 6.45) is -2.85. The molecule has 682 valence electrons. The van der Waals surface area contributed by atoms with Crippen molar-refractivity contribution in [1.82, 2.24) is 0 Å². The molecule has 0 aromatic carbocycles. The van der Waals surface area contributed by atoms with Gasteiger partial charge in [-0.25, -0.2) is 47.9 Å². The van der Waals surface area contributed by atoms with Gasteiger partial charge in [0.15, 0.2) is 37.8 Å². The molecule has 5 heterocycles. The van der Waals surface area contributed by atoms with Gasteiger partial charge in [0.05, 0.1) is 62.4 Å². The van der Waals surface area contributed by atoms with E-state index in [9.17, 15) is 125 Å². The first-order valence-corrected chi connectivity index (χ1v) is 45.1. The second kappa shape index (κ2) is 35.9. The van der Waals surface area contributed by atoms with Gasteiger partial charge in [-0.3, -0.25) is 40.1 Å². The molecule has 46 nitrogen and oxygen atoms in total. The summed E-state index contributed by atoms with van der Waals surface area (Å²) in [7, 11) is -17.5. The second-order valence-electron chi connectivity index (χ2n) is 31.6. The first-order valence-electron chi connectivity index (χ1n) is 37.8. The number of aliphatic hydroxyl groups is 2. The summed E-state index contributed by atoms with van der Waals surface area (Å²) in [6, 6.07) is 1.99. The lowest BCUT2D eigenvalue weighted by atomic mass is 9.76. The van der Waals surface area contributed by atoms with E-state index in [1.807, 2.05) is 6.07 Å². The lowest BCUT2D eigenvalue weighted by Gasteiger charge is -2.37. The number of esters is 13. The number of hydrogen-bond acceptors (Lipinski definition) is 46. The summed E-state index contributed by atoms with van der Waals surface area (Å²) >= 11 is 0. The summed E-state index contributed by atoms with van der Waals surface area (Å²) in [4.78, 5) is 160. The molecule has 15 rings (SSSR count). The van der Waals surface area contributed by atoms with E-state index >= 15 is 0 Å². The van der Waals surface area contributed by atoms with Crippen molar-refractivity contribution < 1.29 is 207 Å². The first kappa shape index (κ1) is 94.9. The number of nitriles is 1. The number of fused-ring (bicyclic) bond motifs is 5. The minimum atomic E-state index is -4.17. The molecule has 51 heteroatoms. The van der Waals surface area contributed by atoms with Crippen molar-refractivity contribution in [2.75, 3.05) is 73.7 Å². The molecular weight excluding hydrogens is 1770 g/mol. The van der Waals surface area contributed by atoms with Crippen LogP contribution in [0, 0.1) is 80.3 Å². The van der Waals surface area contributed by atoms with Crippen molar-refractivity contribution in [1.29, 1.82) is 5.26 Å². The fourth-order valence-electron chi connectivity index (χ4n) is 20.9. The molecule has 10 saturated carbocycles. The molecule has 0 aromatic heterocycles. The van der Waals surface area contributed by atoms with Gasteiger partial charge in [-0.1, -0.05) is 32.9 Å². The fraction of sp³-hybridized carbons (Fsp3) is 0.658. The molecule has 2 N–H and O–H groups in total. The SMILES string of the molecule is C=CC(=O)OCC(=O)OC1C2CC3C1OS(=O)(=O)C3(C(=O)OC)C2.C=CC(=O)OCC(=O)OC1C2CC3C1OS(=O)(=O)C3C2C#N.C=CC(=O)OCC(=O)OC1C2CC3C1OS(=O)(=O)C3C2C(=O)OC.C=CC(=O)OCC(=O)OC1C2OS(=O)(=O)C3CC1(CO)CC23CO.C=CC(=O)OCC(=O)OC1C2OS(=O)(=O)C3CC1(COC(C)=O)CC23CCOC=O. The zero-order chi connectivity index (χ0) is 91.3. The third kappa shape index (κ3) is 17.0. The number of nitrogens with zero attached hydrogens (tertiary/aromatic N) is 1. The Morgan fingerprint density at radius 1 is 0.484 bits per heavy atom. The molecule has 5 aliphatic heterocycles. The number of methoxy groups -OCH3 is 2. The first-order chi connectivity index (χ1) is 58.3. The highest BCUT2D eigenvalue weighted by atomic mass is 32.2.